The molecule has 0 bridgehead atoms. The van der Waals surface area contributed by atoms with E-state index in [0.717, 1.165) is 5.56 Å². The van der Waals surface area contributed by atoms with Crippen LogP contribution in [0.15, 0.2) is 59.9 Å². The molecule has 2 aromatic heterocycles. The molecule has 3 aromatic rings. The number of nitrogens with zero attached hydrogens (tertiary/aromatic N) is 4. The number of nitrogens with one attached hydrogen (secondary N) is 2. The molecular formula is C17H14N6O2. The molecule has 2 N–H and O–H groups in total. The van der Waals surface area contributed by atoms with Crippen LogP contribution in [0, 0.1) is 0 Å². The molecular weight excluding hydrogens is 320 g/mol. The van der Waals surface area contributed by atoms with Crippen LogP contribution in [0.25, 0.3) is 11.5 Å². The quantitative estimate of drug-likeness (QED) is 0.762. The first-order valence-corrected chi connectivity index (χ1v) is 7.72. The smallest absolute Gasteiger partial charge is 0.276 e. The predicted molar refractivity (Wildman–Crippen MR) is 90.6 cm³/mol. The van der Waals surface area contributed by atoms with Gasteiger partial charge in [-0.15, -0.1) is 5.10 Å². The van der Waals surface area contributed by atoms with E-state index in [1.165, 1.54) is 0 Å². The van der Waals surface area contributed by atoms with Crippen molar-refractivity contribution in [2.75, 3.05) is 5.32 Å². The second-order valence-electron chi connectivity index (χ2n) is 5.42. The van der Waals surface area contributed by atoms with Crippen molar-refractivity contribution in [2.45, 2.75) is 12.5 Å². The molecule has 0 unspecified atom stereocenters. The summed E-state index contributed by atoms with van der Waals surface area (Å²) in [5.74, 6) is 0.254. The minimum absolute atomic E-state index is 0.163. The number of hydrogen-bond acceptors (Lipinski definition) is 6. The first kappa shape index (κ1) is 15.0. The zero-order chi connectivity index (χ0) is 17.1. The molecule has 0 fully saturated rings. The summed E-state index contributed by atoms with van der Waals surface area (Å²) in [4.78, 5) is 26.0. The van der Waals surface area contributed by atoms with Crippen LogP contribution >= 0.6 is 0 Å². The molecule has 0 radical (unpaired) electrons. The maximum Gasteiger partial charge on any atom is 0.276 e. The van der Waals surface area contributed by atoms with Crippen LogP contribution in [0.5, 0.6) is 0 Å². The number of pyridine rings is 1. The molecule has 8 heteroatoms. The summed E-state index contributed by atoms with van der Waals surface area (Å²) < 4.78 is 0. The van der Waals surface area contributed by atoms with Gasteiger partial charge < -0.3 is 4.84 Å². The van der Waals surface area contributed by atoms with Gasteiger partial charge in [0.2, 0.25) is 5.95 Å². The van der Waals surface area contributed by atoms with Gasteiger partial charge in [0.25, 0.3) is 5.91 Å². The Labute approximate surface area is 143 Å². The van der Waals surface area contributed by atoms with Gasteiger partial charge in [-0.1, -0.05) is 41.6 Å². The second kappa shape index (κ2) is 6.52. The number of H-pyrrole nitrogens is 1. The lowest BCUT2D eigenvalue weighted by molar-refractivity contribution is -0.110. The van der Waals surface area contributed by atoms with Crippen LogP contribution in [0.1, 0.15) is 18.1 Å². The fourth-order valence-corrected chi connectivity index (χ4v) is 2.47. The molecule has 1 aliphatic heterocycles. The molecule has 1 amide bonds. The Morgan fingerprint density at radius 3 is 2.80 bits per heavy atom. The summed E-state index contributed by atoms with van der Waals surface area (Å²) in [6.07, 6.45) is 1.80. The van der Waals surface area contributed by atoms with Crippen molar-refractivity contribution < 1.29 is 9.63 Å². The Bertz CT molecular complexity index is 907. The number of amides is 1. The third-order valence-corrected chi connectivity index (χ3v) is 3.72. The zero-order valence-corrected chi connectivity index (χ0v) is 13.1. The Kier molecular flexibility index (Phi) is 3.91. The van der Waals surface area contributed by atoms with E-state index in [4.69, 9.17) is 4.84 Å². The average Bonchev–Trinajstić information content (AvgIpc) is 3.33. The molecule has 8 nitrogen and oxygen atoms in total. The van der Waals surface area contributed by atoms with Crippen molar-refractivity contribution in [3.63, 3.8) is 0 Å². The summed E-state index contributed by atoms with van der Waals surface area (Å²) in [5.41, 5.74) is 1.92. The Hall–Kier alpha value is -3.55. The highest BCUT2D eigenvalue weighted by Crippen LogP contribution is 2.27. The fourth-order valence-electron chi connectivity index (χ4n) is 2.47. The minimum atomic E-state index is -0.384. The first-order chi connectivity index (χ1) is 12.3. The number of carbonyl (C=O) groups excluding carboxylic acids is 1. The Morgan fingerprint density at radius 2 is 2.00 bits per heavy atom. The van der Waals surface area contributed by atoms with Crippen LogP contribution in [0.4, 0.5) is 5.95 Å². The largest absolute Gasteiger partial charge is 0.387 e. The van der Waals surface area contributed by atoms with Crippen molar-refractivity contribution in [3.05, 3.63) is 60.3 Å². The lowest BCUT2D eigenvalue weighted by Crippen LogP contribution is -2.22. The van der Waals surface area contributed by atoms with Gasteiger partial charge >= 0.3 is 0 Å². The van der Waals surface area contributed by atoms with Crippen LogP contribution in [-0.4, -0.2) is 31.8 Å². The normalized spacial score (nSPS) is 16.2. The van der Waals surface area contributed by atoms with Crippen molar-refractivity contribution in [2.24, 2.45) is 5.16 Å². The van der Waals surface area contributed by atoms with Gasteiger partial charge in [0.15, 0.2) is 11.9 Å². The predicted octanol–water partition coefficient (Wildman–Crippen LogP) is 2.32. The van der Waals surface area contributed by atoms with Crippen molar-refractivity contribution >= 4 is 17.6 Å². The van der Waals surface area contributed by atoms with Crippen LogP contribution in [0.2, 0.25) is 0 Å². The summed E-state index contributed by atoms with van der Waals surface area (Å²) in [6, 6.07) is 15.1. The highest BCUT2D eigenvalue weighted by Gasteiger charge is 2.27. The van der Waals surface area contributed by atoms with Crippen molar-refractivity contribution in [3.8, 4) is 11.5 Å². The molecule has 0 saturated carbocycles. The van der Waals surface area contributed by atoms with E-state index < -0.39 is 0 Å². The van der Waals surface area contributed by atoms with Gasteiger partial charge in [-0.05, 0) is 17.7 Å². The van der Waals surface area contributed by atoms with E-state index in [1.807, 2.05) is 42.5 Å². The van der Waals surface area contributed by atoms with Crippen molar-refractivity contribution in [1.29, 1.82) is 0 Å². The molecule has 124 valence electrons. The number of benzene rings is 1. The lowest BCUT2D eigenvalue weighted by Gasteiger charge is -2.07. The number of oxime groups is 1. The molecule has 4 rings (SSSR count). The van der Waals surface area contributed by atoms with E-state index >= 15 is 0 Å². The molecule has 0 aliphatic carbocycles. The van der Waals surface area contributed by atoms with E-state index in [0.29, 0.717) is 23.7 Å². The SMILES string of the molecule is O=C(Nc1n[nH]c(-c2ccccn2)n1)C1=NO[C@@H](c2ccccc2)C1. The number of rotatable bonds is 4. The zero-order valence-electron chi connectivity index (χ0n) is 13.1. The van der Waals surface area contributed by atoms with Crippen molar-refractivity contribution in [1.82, 2.24) is 20.2 Å². The average molecular weight is 334 g/mol. The maximum atomic E-state index is 12.3. The summed E-state index contributed by atoms with van der Waals surface area (Å²) in [6.45, 7) is 0. The van der Waals surface area contributed by atoms with E-state index in [9.17, 15) is 4.79 Å². The van der Waals surface area contributed by atoms with E-state index in [1.54, 1.807) is 12.3 Å². The molecule has 1 aliphatic rings. The van der Waals surface area contributed by atoms with Gasteiger partial charge in [0.1, 0.15) is 11.4 Å². The number of aromatic nitrogens is 4. The number of carbonyl (C=O) groups is 1. The lowest BCUT2D eigenvalue weighted by atomic mass is 10.0. The summed E-state index contributed by atoms with van der Waals surface area (Å²) in [7, 11) is 0. The Balaban J connectivity index is 1.41. The van der Waals surface area contributed by atoms with Crippen LogP contribution in [0.3, 0.4) is 0 Å². The molecule has 0 spiro atoms. The standard InChI is InChI=1S/C17H14N6O2/c24-16(13-10-14(25-23-13)11-6-2-1-3-7-11)20-17-19-15(21-22-17)12-8-4-5-9-18-12/h1-9,14H,10H2,(H2,19,20,21,22,24)/t14-/m1/s1. The number of aromatic amines is 1. The van der Waals surface area contributed by atoms with Gasteiger partial charge in [0, 0.05) is 12.6 Å². The highest BCUT2D eigenvalue weighted by atomic mass is 16.6. The van der Waals surface area contributed by atoms with Crippen LogP contribution in [-0.2, 0) is 9.63 Å². The summed E-state index contributed by atoms with van der Waals surface area (Å²) in [5, 5.41) is 13.2. The van der Waals surface area contributed by atoms with Gasteiger partial charge in [0.05, 0.1) is 0 Å². The fraction of sp³-hybridized carbons (Fsp3) is 0.118. The first-order valence-electron chi connectivity index (χ1n) is 7.72. The molecule has 3 heterocycles. The number of anilines is 1. The van der Waals surface area contributed by atoms with Crippen LogP contribution < -0.4 is 5.32 Å². The van der Waals surface area contributed by atoms with Gasteiger partial charge in [-0.25, -0.2) is 0 Å². The molecule has 0 saturated heterocycles. The maximum absolute atomic E-state index is 12.3. The summed E-state index contributed by atoms with van der Waals surface area (Å²) >= 11 is 0. The molecule has 1 aromatic carbocycles. The monoisotopic (exact) mass is 334 g/mol. The van der Waals surface area contributed by atoms with E-state index in [-0.39, 0.29) is 18.0 Å². The van der Waals surface area contributed by atoms with Gasteiger partial charge in [-0.3, -0.25) is 20.2 Å². The third kappa shape index (κ3) is 3.23. The Morgan fingerprint density at radius 1 is 1.16 bits per heavy atom. The topological polar surface area (TPSA) is 105 Å². The highest BCUT2D eigenvalue weighted by molar-refractivity contribution is 6.43. The molecule has 25 heavy (non-hydrogen) atoms. The third-order valence-electron chi connectivity index (χ3n) is 3.72. The van der Waals surface area contributed by atoms with Gasteiger partial charge in [-0.2, -0.15) is 4.98 Å². The van der Waals surface area contributed by atoms with E-state index in [2.05, 4.69) is 30.6 Å². The molecule has 1 atom stereocenters. The number of hydrogen-bond donors (Lipinski definition) is 2. The minimum Gasteiger partial charge on any atom is -0.387 e. The second-order valence-corrected chi connectivity index (χ2v) is 5.42.